The minimum absolute atomic E-state index is 0.0204. The normalized spacial score (nSPS) is 29.4. The zero-order valence-electron chi connectivity index (χ0n) is 20.1. The summed E-state index contributed by atoms with van der Waals surface area (Å²) in [6.07, 6.45) is 5.58. The van der Waals surface area contributed by atoms with Crippen molar-refractivity contribution in [3.8, 4) is 23.1 Å². The number of amidine groups is 1. The van der Waals surface area contributed by atoms with Gasteiger partial charge in [-0.3, -0.25) is 10.3 Å². The number of nitrogens with zero attached hydrogens (tertiary/aromatic N) is 2. The average molecular weight is 493 g/mol. The van der Waals surface area contributed by atoms with E-state index in [2.05, 4.69) is 6.19 Å². The summed E-state index contributed by atoms with van der Waals surface area (Å²) in [7, 11) is -3.68. The second-order valence-corrected chi connectivity index (χ2v) is 12.9. The van der Waals surface area contributed by atoms with Crippen LogP contribution in [0.2, 0.25) is 0 Å². The molecule has 4 fully saturated rings. The highest BCUT2D eigenvalue weighted by molar-refractivity contribution is 7.90. The monoisotopic (exact) mass is 492 g/mol. The summed E-state index contributed by atoms with van der Waals surface area (Å²) in [5, 5.41) is 25.0. The van der Waals surface area contributed by atoms with Gasteiger partial charge in [-0.25, -0.2) is 13.6 Å². The summed E-state index contributed by atoms with van der Waals surface area (Å²) in [4.78, 5) is 1.50. The maximum atomic E-state index is 12.5. The lowest BCUT2D eigenvalue weighted by molar-refractivity contribution is -0.0244. The van der Waals surface area contributed by atoms with E-state index in [-0.39, 0.29) is 23.7 Å². The summed E-state index contributed by atoms with van der Waals surface area (Å²) in [6, 6.07) is 17.4. The van der Waals surface area contributed by atoms with Gasteiger partial charge in [0.15, 0.2) is 17.6 Å². The quantitative estimate of drug-likeness (QED) is 0.266. The molecule has 0 amide bonds. The van der Waals surface area contributed by atoms with E-state index in [1.807, 2.05) is 68.4 Å². The maximum Gasteiger partial charge on any atom is 0.214 e. The van der Waals surface area contributed by atoms with Gasteiger partial charge in [-0.1, -0.05) is 48.5 Å². The fraction of sp³-hybridized carbons (Fsp3) is 0.481. The van der Waals surface area contributed by atoms with Crippen molar-refractivity contribution >= 4 is 15.9 Å². The number of para-hydroxylation sites is 1. The van der Waals surface area contributed by atoms with Gasteiger partial charge < -0.3 is 4.74 Å². The van der Waals surface area contributed by atoms with E-state index >= 15 is 0 Å². The van der Waals surface area contributed by atoms with Gasteiger partial charge in [0.05, 0.1) is 10.8 Å². The Labute approximate surface area is 207 Å². The van der Waals surface area contributed by atoms with Gasteiger partial charge in [0, 0.05) is 5.56 Å². The van der Waals surface area contributed by atoms with Gasteiger partial charge in [0.2, 0.25) is 10.0 Å². The van der Waals surface area contributed by atoms with Crippen molar-refractivity contribution in [1.82, 2.24) is 4.90 Å². The minimum Gasteiger partial charge on any atom is -0.479 e. The van der Waals surface area contributed by atoms with Gasteiger partial charge >= 0.3 is 0 Å². The second kappa shape index (κ2) is 8.35. The molecule has 2 unspecified atom stereocenters. The number of rotatable bonds is 6. The molecule has 4 saturated carbocycles. The van der Waals surface area contributed by atoms with E-state index in [1.54, 1.807) is 0 Å². The van der Waals surface area contributed by atoms with Gasteiger partial charge in [-0.2, -0.15) is 5.26 Å². The molecule has 0 saturated heterocycles. The fourth-order valence-electron chi connectivity index (χ4n) is 6.98. The number of nitrogens with two attached hydrogens (primary N) is 1. The molecule has 0 spiro atoms. The van der Waals surface area contributed by atoms with Crippen LogP contribution in [0.15, 0.2) is 54.6 Å². The van der Waals surface area contributed by atoms with Crippen molar-refractivity contribution in [2.45, 2.75) is 62.3 Å². The van der Waals surface area contributed by atoms with Crippen LogP contribution in [0.4, 0.5) is 0 Å². The van der Waals surface area contributed by atoms with Crippen LogP contribution in [-0.4, -0.2) is 35.5 Å². The summed E-state index contributed by atoms with van der Waals surface area (Å²) in [5.74, 6) is 1.09. The van der Waals surface area contributed by atoms with Crippen molar-refractivity contribution in [2.75, 3.05) is 0 Å². The van der Waals surface area contributed by atoms with E-state index in [0.717, 1.165) is 24.0 Å². The molecule has 184 valence electrons. The first-order chi connectivity index (χ1) is 16.5. The van der Waals surface area contributed by atoms with Crippen LogP contribution in [0.25, 0.3) is 11.1 Å². The summed E-state index contributed by atoms with van der Waals surface area (Å²) >= 11 is 0. The van der Waals surface area contributed by atoms with E-state index in [9.17, 15) is 13.7 Å². The Morgan fingerprint density at radius 2 is 1.69 bits per heavy atom. The van der Waals surface area contributed by atoms with E-state index in [0.29, 0.717) is 30.9 Å². The highest BCUT2D eigenvalue weighted by Gasteiger charge is 2.61. The Kier molecular flexibility index (Phi) is 5.69. The highest BCUT2D eigenvalue weighted by atomic mass is 32.2. The third-order valence-corrected chi connectivity index (χ3v) is 10.0. The van der Waals surface area contributed by atoms with Gasteiger partial charge in [-0.15, -0.1) is 0 Å². The highest BCUT2D eigenvalue weighted by Crippen LogP contribution is 2.59. The number of benzene rings is 2. The number of nitrogens with one attached hydrogen (secondary N) is 1. The van der Waals surface area contributed by atoms with Gasteiger partial charge in [0.25, 0.3) is 0 Å². The molecular formula is C27H32N4O3S. The van der Waals surface area contributed by atoms with Crippen LogP contribution in [0.3, 0.4) is 0 Å². The van der Waals surface area contributed by atoms with Gasteiger partial charge in [-0.05, 0) is 75.3 Å². The zero-order valence-corrected chi connectivity index (χ0v) is 21.0. The third kappa shape index (κ3) is 4.01. The van der Waals surface area contributed by atoms with E-state index in [4.69, 9.17) is 15.3 Å². The molecule has 2 atom stereocenters. The molecule has 7 nitrogen and oxygen atoms in total. The Balaban J connectivity index is 1.41. The molecular weight excluding hydrogens is 460 g/mol. The van der Waals surface area contributed by atoms with Crippen molar-refractivity contribution in [3.05, 3.63) is 54.6 Å². The van der Waals surface area contributed by atoms with Crippen molar-refractivity contribution in [1.29, 1.82) is 10.7 Å². The lowest BCUT2D eigenvalue weighted by Crippen LogP contribution is -2.66. The molecule has 35 heavy (non-hydrogen) atoms. The first-order valence-corrected chi connectivity index (χ1v) is 13.7. The molecule has 4 aliphatic carbocycles. The number of sulfonamides is 1. The van der Waals surface area contributed by atoms with E-state index < -0.39 is 20.4 Å². The fourth-order valence-corrected chi connectivity index (χ4v) is 8.34. The molecule has 0 aliphatic heterocycles. The average Bonchev–Trinajstić information content (AvgIpc) is 2.80. The second-order valence-electron chi connectivity index (χ2n) is 11.0. The number of nitriles is 1. The molecule has 3 N–H and O–H groups in total. The minimum atomic E-state index is -3.68. The Hall–Kier alpha value is -2.89. The van der Waals surface area contributed by atoms with Crippen LogP contribution >= 0.6 is 0 Å². The van der Waals surface area contributed by atoms with Crippen molar-refractivity contribution in [2.24, 2.45) is 22.9 Å². The smallest absolute Gasteiger partial charge is 0.214 e. The third-order valence-electron chi connectivity index (χ3n) is 8.32. The largest absolute Gasteiger partial charge is 0.479 e. The van der Waals surface area contributed by atoms with Crippen molar-refractivity contribution in [3.63, 3.8) is 0 Å². The lowest BCUT2D eigenvalue weighted by Gasteiger charge is -2.60. The van der Waals surface area contributed by atoms with Crippen LogP contribution in [0.5, 0.6) is 5.75 Å². The Bertz CT molecular complexity index is 1270. The number of hydrogen-bond acceptors (Lipinski definition) is 5. The first kappa shape index (κ1) is 23.8. The molecule has 4 bridgehead atoms. The summed E-state index contributed by atoms with van der Waals surface area (Å²) in [6.45, 7) is 3.62. The number of hydrogen-bond donors (Lipinski definition) is 2. The summed E-state index contributed by atoms with van der Waals surface area (Å²) in [5.41, 5.74) is 0.853. The van der Waals surface area contributed by atoms with Crippen LogP contribution < -0.4 is 9.88 Å². The van der Waals surface area contributed by atoms with Crippen LogP contribution in [0, 0.1) is 34.6 Å². The Morgan fingerprint density at radius 1 is 1.09 bits per heavy atom. The predicted molar refractivity (Wildman–Crippen MR) is 135 cm³/mol. The SMILES string of the molecule is CC(C)(Oc1ccccc1-c1ccccc1)C(=N)N(C#N)C1C2CC3CC1CC(S(N)(=O)=O)(C3)C2. The maximum absolute atomic E-state index is 12.5. The number of primary sulfonamides is 1. The molecule has 8 heteroatoms. The number of ether oxygens (including phenoxy) is 1. The standard InChI is InChI=1S/C27H32N4O3S/c1-26(2,34-23-11-7-6-10-22(23)19-8-4-3-5-9-19)25(29)31(17-28)24-20-12-18-13-21(24)16-27(14-18,15-20)35(30,32)33/h3-11,18,20-21,24,29H,12-16H2,1-2H3,(H2,30,32,33). The van der Waals surface area contributed by atoms with Crippen molar-refractivity contribution < 1.29 is 13.2 Å². The van der Waals surface area contributed by atoms with Crippen LogP contribution in [-0.2, 0) is 10.0 Å². The molecule has 0 aromatic heterocycles. The van der Waals surface area contributed by atoms with Crippen LogP contribution in [0.1, 0.15) is 46.0 Å². The molecule has 0 heterocycles. The first-order valence-electron chi connectivity index (χ1n) is 12.2. The lowest BCUT2D eigenvalue weighted by atomic mass is 9.53. The molecule has 6 rings (SSSR count). The zero-order chi connectivity index (χ0) is 25.0. The topological polar surface area (TPSA) is 120 Å². The molecule has 4 aliphatic rings. The predicted octanol–water partition coefficient (Wildman–Crippen LogP) is 4.51. The summed E-state index contributed by atoms with van der Waals surface area (Å²) < 4.78 is 30.6. The molecule has 2 aromatic rings. The molecule has 0 radical (unpaired) electrons. The van der Waals surface area contributed by atoms with Gasteiger partial charge in [0.1, 0.15) is 5.75 Å². The Morgan fingerprint density at radius 3 is 2.29 bits per heavy atom. The molecule has 2 aromatic carbocycles. The van der Waals surface area contributed by atoms with E-state index in [1.165, 1.54) is 4.90 Å².